The summed E-state index contributed by atoms with van der Waals surface area (Å²) >= 11 is 0. The van der Waals surface area contributed by atoms with Gasteiger partial charge in [0.2, 0.25) is 0 Å². The molecule has 0 bridgehead atoms. The number of aliphatic hydroxyl groups excluding tert-OH is 1. The normalized spacial score (nSPS) is 10.5. The minimum absolute atomic E-state index is 0.0126. The summed E-state index contributed by atoms with van der Waals surface area (Å²) in [4.78, 5) is 15.3. The minimum Gasteiger partial charge on any atom is -0.392 e. The molecular weight excluding hydrogens is 330 g/mol. The van der Waals surface area contributed by atoms with Crippen LogP contribution in [0.4, 0.5) is 11.5 Å². The first kappa shape index (κ1) is 17.6. The van der Waals surface area contributed by atoms with Crippen molar-refractivity contribution in [2.75, 3.05) is 11.9 Å². The summed E-state index contributed by atoms with van der Waals surface area (Å²) in [7, 11) is 0. The molecule has 0 saturated heterocycles. The predicted octanol–water partition coefficient (Wildman–Crippen LogP) is 3.80. The van der Waals surface area contributed by atoms with Crippen LogP contribution in [0.5, 0.6) is 0 Å². The first-order valence-electron chi connectivity index (χ1n) is 8.31. The van der Waals surface area contributed by atoms with Crippen LogP contribution in [0.1, 0.15) is 11.1 Å². The molecule has 6 nitrogen and oxygen atoms in total. The largest absolute Gasteiger partial charge is 0.392 e. The number of anilines is 1. The first-order valence-corrected chi connectivity index (χ1v) is 8.31. The monoisotopic (exact) mass is 349 g/mol. The predicted molar refractivity (Wildman–Crippen MR) is 101 cm³/mol. The molecule has 0 aliphatic carbocycles. The highest BCUT2D eigenvalue weighted by atomic mass is 16.6. The van der Waals surface area contributed by atoms with E-state index < -0.39 is 4.92 Å². The Bertz CT molecular complexity index is 881. The lowest BCUT2D eigenvalue weighted by Crippen LogP contribution is -2.07. The van der Waals surface area contributed by atoms with Crippen molar-refractivity contribution in [2.24, 2.45) is 0 Å². The van der Waals surface area contributed by atoms with E-state index in [1.165, 1.54) is 6.07 Å². The van der Waals surface area contributed by atoms with Crippen molar-refractivity contribution in [2.45, 2.75) is 13.0 Å². The van der Waals surface area contributed by atoms with E-state index in [0.29, 0.717) is 23.6 Å². The van der Waals surface area contributed by atoms with Gasteiger partial charge < -0.3 is 10.4 Å². The maximum atomic E-state index is 11.3. The molecule has 0 aliphatic heterocycles. The van der Waals surface area contributed by atoms with Crippen molar-refractivity contribution in [3.63, 3.8) is 0 Å². The van der Waals surface area contributed by atoms with Crippen molar-refractivity contribution in [3.05, 3.63) is 88.0 Å². The number of pyridine rings is 1. The molecular formula is C20H19N3O3. The Morgan fingerprint density at radius 2 is 1.65 bits per heavy atom. The molecule has 2 aromatic carbocycles. The van der Waals surface area contributed by atoms with Gasteiger partial charge in [0.15, 0.2) is 5.69 Å². The molecule has 1 heterocycles. The Hall–Kier alpha value is -3.25. The maximum absolute atomic E-state index is 11.3. The third-order valence-corrected chi connectivity index (χ3v) is 4.04. The van der Waals surface area contributed by atoms with Crippen LogP contribution in [-0.4, -0.2) is 21.6 Å². The molecule has 3 rings (SSSR count). The van der Waals surface area contributed by atoms with Crippen LogP contribution >= 0.6 is 0 Å². The fourth-order valence-corrected chi connectivity index (χ4v) is 2.65. The van der Waals surface area contributed by atoms with Gasteiger partial charge in [0.25, 0.3) is 5.69 Å². The number of nitro groups is 1. The molecule has 0 saturated carbocycles. The lowest BCUT2D eigenvalue weighted by molar-refractivity contribution is -0.384. The molecule has 0 aliphatic rings. The van der Waals surface area contributed by atoms with Crippen LogP contribution in [0, 0.1) is 10.1 Å². The highest BCUT2D eigenvalue weighted by Crippen LogP contribution is 2.29. The van der Waals surface area contributed by atoms with E-state index in [2.05, 4.69) is 10.3 Å². The van der Waals surface area contributed by atoms with Crippen LogP contribution < -0.4 is 5.32 Å². The molecule has 0 unspecified atom stereocenters. The first-order chi connectivity index (χ1) is 12.7. The van der Waals surface area contributed by atoms with E-state index in [1.807, 2.05) is 54.6 Å². The van der Waals surface area contributed by atoms with Gasteiger partial charge in [-0.05, 0) is 23.6 Å². The summed E-state index contributed by atoms with van der Waals surface area (Å²) in [6, 6.07) is 20.0. The molecule has 0 atom stereocenters. The number of hydrogen-bond acceptors (Lipinski definition) is 5. The lowest BCUT2D eigenvalue weighted by atomic mass is 10.1. The summed E-state index contributed by atoms with van der Waals surface area (Å²) < 4.78 is 0. The average Bonchev–Trinajstić information content (AvgIpc) is 2.69. The number of hydrogen-bond donors (Lipinski definition) is 2. The second kappa shape index (κ2) is 8.22. The topological polar surface area (TPSA) is 88.3 Å². The van der Waals surface area contributed by atoms with Crippen molar-refractivity contribution in [1.29, 1.82) is 0 Å². The van der Waals surface area contributed by atoms with Gasteiger partial charge in [0.05, 0.1) is 11.5 Å². The smallest absolute Gasteiger partial charge is 0.295 e. The van der Waals surface area contributed by atoms with Gasteiger partial charge in [0, 0.05) is 18.2 Å². The van der Waals surface area contributed by atoms with Crippen molar-refractivity contribution in [3.8, 4) is 11.3 Å². The summed E-state index contributed by atoms with van der Waals surface area (Å²) in [6.07, 6.45) is 0.783. The highest BCUT2D eigenvalue weighted by molar-refractivity contribution is 5.71. The second-order valence-electron chi connectivity index (χ2n) is 5.84. The summed E-state index contributed by atoms with van der Waals surface area (Å²) in [5.41, 5.74) is 3.07. The van der Waals surface area contributed by atoms with Crippen LogP contribution in [-0.2, 0) is 13.0 Å². The Labute approximate surface area is 151 Å². The van der Waals surface area contributed by atoms with E-state index in [-0.39, 0.29) is 12.3 Å². The fourth-order valence-electron chi connectivity index (χ4n) is 2.65. The molecule has 26 heavy (non-hydrogen) atoms. The van der Waals surface area contributed by atoms with E-state index in [0.717, 1.165) is 17.5 Å². The minimum atomic E-state index is -0.415. The number of nitrogens with one attached hydrogen (secondary N) is 1. The molecule has 0 fully saturated rings. The zero-order valence-corrected chi connectivity index (χ0v) is 14.1. The number of benzene rings is 2. The molecule has 1 aromatic heterocycles. The molecule has 0 amide bonds. The zero-order valence-electron chi connectivity index (χ0n) is 14.1. The average molecular weight is 349 g/mol. The molecule has 0 radical (unpaired) electrons. The zero-order chi connectivity index (χ0) is 18.4. The Kier molecular flexibility index (Phi) is 5.56. The molecule has 2 N–H and O–H groups in total. The van der Waals surface area contributed by atoms with Gasteiger partial charge in [-0.2, -0.15) is 0 Å². The molecule has 132 valence electrons. The van der Waals surface area contributed by atoms with Gasteiger partial charge in [-0.1, -0.05) is 54.6 Å². The summed E-state index contributed by atoms with van der Waals surface area (Å²) in [5, 5.41) is 23.6. The Morgan fingerprint density at radius 3 is 2.31 bits per heavy atom. The lowest BCUT2D eigenvalue weighted by Gasteiger charge is -2.09. The maximum Gasteiger partial charge on any atom is 0.295 e. The standard InChI is InChI=1S/C20H19N3O3/c24-14-16-8-6-15(7-9-16)12-13-21-19-11-10-18(23(25)26)20(22-19)17-4-2-1-3-5-17/h1-11,24H,12-14H2,(H,21,22). The summed E-state index contributed by atoms with van der Waals surface area (Å²) in [6.45, 7) is 0.686. The highest BCUT2D eigenvalue weighted by Gasteiger charge is 2.17. The van der Waals surface area contributed by atoms with Crippen molar-refractivity contribution >= 4 is 11.5 Å². The number of rotatable bonds is 7. The summed E-state index contributed by atoms with van der Waals surface area (Å²) in [5.74, 6) is 0.599. The Balaban J connectivity index is 1.73. The van der Waals surface area contributed by atoms with E-state index in [4.69, 9.17) is 5.11 Å². The SMILES string of the molecule is O=[N+]([O-])c1ccc(NCCc2ccc(CO)cc2)nc1-c1ccccc1. The quantitative estimate of drug-likeness (QED) is 0.500. The van der Waals surface area contributed by atoms with Gasteiger partial charge in [0.1, 0.15) is 5.82 Å². The molecule has 3 aromatic rings. The number of aromatic nitrogens is 1. The van der Waals surface area contributed by atoms with Gasteiger partial charge in [-0.15, -0.1) is 0 Å². The number of aliphatic hydroxyl groups is 1. The third-order valence-electron chi connectivity index (χ3n) is 4.04. The fraction of sp³-hybridized carbons (Fsp3) is 0.150. The molecule has 0 spiro atoms. The number of nitrogens with zero attached hydrogens (tertiary/aromatic N) is 2. The van der Waals surface area contributed by atoms with Crippen LogP contribution in [0.15, 0.2) is 66.7 Å². The van der Waals surface area contributed by atoms with Gasteiger partial charge in [-0.3, -0.25) is 10.1 Å². The van der Waals surface area contributed by atoms with E-state index in [9.17, 15) is 10.1 Å². The Morgan fingerprint density at radius 1 is 0.962 bits per heavy atom. The van der Waals surface area contributed by atoms with Crippen molar-refractivity contribution in [1.82, 2.24) is 4.98 Å². The van der Waals surface area contributed by atoms with Crippen molar-refractivity contribution < 1.29 is 10.0 Å². The van der Waals surface area contributed by atoms with Gasteiger partial charge in [-0.25, -0.2) is 4.98 Å². The third kappa shape index (κ3) is 4.23. The molecule has 6 heteroatoms. The van der Waals surface area contributed by atoms with E-state index in [1.54, 1.807) is 6.07 Å². The van der Waals surface area contributed by atoms with Crippen LogP contribution in [0.3, 0.4) is 0 Å². The van der Waals surface area contributed by atoms with Crippen LogP contribution in [0.2, 0.25) is 0 Å². The van der Waals surface area contributed by atoms with Gasteiger partial charge >= 0.3 is 0 Å². The second-order valence-corrected chi connectivity index (χ2v) is 5.84. The van der Waals surface area contributed by atoms with Crippen LogP contribution in [0.25, 0.3) is 11.3 Å². The van der Waals surface area contributed by atoms with E-state index >= 15 is 0 Å².